The minimum atomic E-state index is 0.365. The Kier molecular flexibility index (Phi) is 4.30. The molecule has 0 unspecified atom stereocenters. The molecule has 12 heavy (non-hydrogen) atoms. The number of nitrogens with one attached hydrogen (secondary N) is 1. The third-order valence-corrected chi connectivity index (χ3v) is 2.47. The normalized spacial score (nSPS) is 18.4. The standard InChI is InChI=1S/C10H19NO/c1-2-5-10(12)8-11-9-6-3-4-7-9/h9,11H,2-8H2,1H3. The van der Waals surface area contributed by atoms with Gasteiger partial charge in [-0.05, 0) is 19.3 Å². The largest absolute Gasteiger partial charge is 0.307 e. The van der Waals surface area contributed by atoms with Crippen LogP contribution in [0.25, 0.3) is 0 Å². The number of rotatable bonds is 5. The van der Waals surface area contributed by atoms with E-state index in [4.69, 9.17) is 0 Å². The van der Waals surface area contributed by atoms with Crippen LogP contribution in [-0.2, 0) is 4.79 Å². The number of ketones is 1. The lowest BCUT2D eigenvalue weighted by Crippen LogP contribution is -2.31. The highest BCUT2D eigenvalue weighted by Crippen LogP contribution is 2.17. The molecule has 2 heteroatoms. The molecule has 0 saturated heterocycles. The average Bonchev–Trinajstić information content (AvgIpc) is 2.53. The van der Waals surface area contributed by atoms with E-state index in [1.807, 2.05) is 6.92 Å². The van der Waals surface area contributed by atoms with E-state index in [-0.39, 0.29) is 0 Å². The molecule has 0 amide bonds. The van der Waals surface area contributed by atoms with Crippen LogP contribution >= 0.6 is 0 Å². The Balaban J connectivity index is 2.03. The molecule has 0 radical (unpaired) electrons. The van der Waals surface area contributed by atoms with Crippen LogP contribution in [0.3, 0.4) is 0 Å². The fourth-order valence-electron chi connectivity index (χ4n) is 1.76. The Morgan fingerprint density at radius 3 is 2.67 bits per heavy atom. The highest BCUT2D eigenvalue weighted by atomic mass is 16.1. The quantitative estimate of drug-likeness (QED) is 0.681. The Morgan fingerprint density at radius 2 is 2.08 bits per heavy atom. The fourth-order valence-corrected chi connectivity index (χ4v) is 1.76. The lowest BCUT2D eigenvalue weighted by molar-refractivity contribution is -0.118. The number of carbonyl (C=O) groups is 1. The topological polar surface area (TPSA) is 29.1 Å². The Morgan fingerprint density at radius 1 is 1.42 bits per heavy atom. The van der Waals surface area contributed by atoms with Gasteiger partial charge in [0.05, 0.1) is 6.54 Å². The van der Waals surface area contributed by atoms with Gasteiger partial charge in [0.15, 0.2) is 0 Å². The molecule has 0 bridgehead atoms. The number of hydrogen-bond donors (Lipinski definition) is 1. The van der Waals surface area contributed by atoms with Crippen molar-refractivity contribution in [3.05, 3.63) is 0 Å². The lowest BCUT2D eigenvalue weighted by Gasteiger charge is -2.09. The summed E-state index contributed by atoms with van der Waals surface area (Å²) in [7, 11) is 0. The lowest BCUT2D eigenvalue weighted by atomic mass is 10.2. The number of Topliss-reactive ketones (excluding diaryl/α,β-unsaturated/α-hetero) is 1. The van der Waals surface area contributed by atoms with Crippen LogP contribution in [0.5, 0.6) is 0 Å². The summed E-state index contributed by atoms with van der Waals surface area (Å²) in [5.41, 5.74) is 0. The first-order chi connectivity index (χ1) is 5.83. The van der Waals surface area contributed by atoms with Crippen molar-refractivity contribution in [1.29, 1.82) is 0 Å². The van der Waals surface area contributed by atoms with Gasteiger partial charge in [-0.2, -0.15) is 0 Å². The summed E-state index contributed by atoms with van der Waals surface area (Å²) in [4.78, 5) is 11.1. The molecule has 1 rings (SSSR count). The van der Waals surface area contributed by atoms with E-state index in [9.17, 15) is 4.79 Å². The van der Waals surface area contributed by atoms with Crippen molar-refractivity contribution >= 4 is 5.78 Å². The first-order valence-corrected chi connectivity index (χ1v) is 5.08. The maximum atomic E-state index is 11.1. The van der Waals surface area contributed by atoms with Crippen LogP contribution in [0.1, 0.15) is 45.4 Å². The molecule has 1 saturated carbocycles. The highest BCUT2D eigenvalue weighted by Gasteiger charge is 2.14. The molecule has 0 aromatic rings. The van der Waals surface area contributed by atoms with Gasteiger partial charge in [-0.1, -0.05) is 19.8 Å². The molecule has 1 aliphatic carbocycles. The summed E-state index contributed by atoms with van der Waals surface area (Å²) in [6.07, 6.45) is 6.91. The van der Waals surface area contributed by atoms with Gasteiger partial charge < -0.3 is 5.32 Å². The first kappa shape index (κ1) is 9.72. The van der Waals surface area contributed by atoms with Crippen LogP contribution < -0.4 is 5.32 Å². The zero-order chi connectivity index (χ0) is 8.81. The predicted molar refractivity (Wildman–Crippen MR) is 50.2 cm³/mol. The van der Waals surface area contributed by atoms with Crippen molar-refractivity contribution in [2.75, 3.05) is 6.54 Å². The molecule has 70 valence electrons. The highest BCUT2D eigenvalue weighted by molar-refractivity contribution is 5.80. The van der Waals surface area contributed by atoms with E-state index in [1.54, 1.807) is 0 Å². The smallest absolute Gasteiger partial charge is 0.146 e. The van der Waals surface area contributed by atoms with E-state index < -0.39 is 0 Å². The van der Waals surface area contributed by atoms with Crippen molar-refractivity contribution in [2.24, 2.45) is 0 Å². The third kappa shape index (κ3) is 3.35. The average molecular weight is 169 g/mol. The van der Waals surface area contributed by atoms with Crippen LogP contribution in [0.15, 0.2) is 0 Å². The van der Waals surface area contributed by atoms with Crippen LogP contribution in [0, 0.1) is 0 Å². The van der Waals surface area contributed by atoms with Crippen molar-refractivity contribution in [3.8, 4) is 0 Å². The molecule has 0 aromatic carbocycles. The van der Waals surface area contributed by atoms with Gasteiger partial charge in [-0.3, -0.25) is 4.79 Å². The molecule has 2 nitrogen and oxygen atoms in total. The van der Waals surface area contributed by atoms with Crippen molar-refractivity contribution in [3.63, 3.8) is 0 Å². The van der Waals surface area contributed by atoms with Gasteiger partial charge in [0.1, 0.15) is 5.78 Å². The third-order valence-electron chi connectivity index (χ3n) is 2.47. The van der Waals surface area contributed by atoms with Crippen molar-refractivity contribution in [2.45, 2.75) is 51.5 Å². The summed E-state index contributed by atoms with van der Waals surface area (Å²) in [6.45, 7) is 2.64. The Hall–Kier alpha value is -0.370. The molecule has 0 aliphatic heterocycles. The maximum Gasteiger partial charge on any atom is 0.146 e. The minimum Gasteiger partial charge on any atom is -0.307 e. The van der Waals surface area contributed by atoms with Gasteiger partial charge in [0, 0.05) is 12.5 Å². The summed E-state index contributed by atoms with van der Waals surface area (Å²) >= 11 is 0. The molecule has 1 aliphatic rings. The number of carbonyl (C=O) groups excluding carboxylic acids is 1. The Bertz CT molecular complexity index is 139. The van der Waals surface area contributed by atoms with Gasteiger partial charge in [0.25, 0.3) is 0 Å². The molecule has 0 aromatic heterocycles. The second kappa shape index (κ2) is 5.31. The molecule has 1 fully saturated rings. The summed E-state index contributed by atoms with van der Waals surface area (Å²) in [6, 6.07) is 0.630. The van der Waals surface area contributed by atoms with E-state index in [1.165, 1.54) is 25.7 Å². The number of hydrogen-bond acceptors (Lipinski definition) is 2. The van der Waals surface area contributed by atoms with Gasteiger partial charge >= 0.3 is 0 Å². The van der Waals surface area contributed by atoms with Crippen LogP contribution in [0.2, 0.25) is 0 Å². The zero-order valence-electron chi connectivity index (χ0n) is 7.94. The van der Waals surface area contributed by atoms with Crippen LogP contribution in [0.4, 0.5) is 0 Å². The van der Waals surface area contributed by atoms with E-state index in [0.29, 0.717) is 18.4 Å². The van der Waals surface area contributed by atoms with Gasteiger partial charge in [-0.15, -0.1) is 0 Å². The molecule has 1 N–H and O–H groups in total. The monoisotopic (exact) mass is 169 g/mol. The first-order valence-electron chi connectivity index (χ1n) is 5.08. The van der Waals surface area contributed by atoms with Crippen molar-refractivity contribution < 1.29 is 4.79 Å². The van der Waals surface area contributed by atoms with E-state index in [2.05, 4.69) is 5.32 Å². The summed E-state index contributed by atoms with van der Waals surface area (Å²) in [5.74, 6) is 0.365. The fraction of sp³-hybridized carbons (Fsp3) is 0.900. The molecule has 0 heterocycles. The zero-order valence-corrected chi connectivity index (χ0v) is 7.94. The van der Waals surface area contributed by atoms with Crippen LogP contribution in [-0.4, -0.2) is 18.4 Å². The summed E-state index contributed by atoms with van der Waals surface area (Å²) in [5, 5.41) is 3.32. The van der Waals surface area contributed by atoms with Gasteiger partial charge in [-0.25, -0.2) is 0 Å². The molecular formula is C10H19NO. The molecule has 0 atom stereocenters. The molecule has 0 spiro atoms. The second-order valence-electron chi connectivity index (χ2n) is 3.65. The predicted octanol–water partition coefficient (Wildman–Crippen LogP) is 1.89. The van der Waals surface area contributed by atoms with E-state index in [0.717, 1.165) is 12.8 Å². The molecular weight excluding hydrogens is 150 g/mol. The Labute approximate surface area is 74.7 Å². The second-order valence-corrected chi connectivity index (χ2v) is 3.65. The summed E-state index contributed by atoms with van der Waals surface area (Å²) < 4.78 is 0. The minimum absolute atomic E-state index is 0.365. The SMILES string of the molecule is CCCC(=O)CNC1CCCC1. The van der Waals surface area contributed by atoms with E-state index >= 15 is 0 Å². The van der Waals surface area contributed by atoms with Crippen molar-refractivity contribution in [1.82, 2.24) is 5.32 Å². The maximum absolute atomic E-state index is 11.1. The van der Waals surface area contributed by atoms with Gasteiger partial charge in [0.2, 0.25) is 0 Å².